The molecule has 0 spiro atoms. The molecule has 162 valence electrons. The van der Waals surface area contributed by atoms with E-state index in [2.05, 4.69) is 49.9 Å². The van der Waals surface area contributed by atoms with Gasteiger partial charge in [0.2, 0.25) is 0 Å². The van der Waals surface area contributed by atoms with E-state index in [-0.39, 0.29) is 23.8 Å². The molecule has 8 heteroatoms. The minimum atomic E-state index is -0.299. The number of amides is 2. The van der Waals surface area contributed by atoms with Gasteiger partial charge in [-0.3, -0.25) is 10.4 Å². The number of carbonyl (C=O) groups is 1. The van der Waals surface area contributed by atoms with Gasteiger partial charge in [0.05, 0.1) is 11.6 Å². The van der Waals surface area contributed by atoms with E-state index in [0.717, 1.165) is 29.6 Å². The number of hydrogen-bond acceptors (Lipinski definition) is 4. The first-order valence-corrected chi connectivity index (χ1v) is 10.5. The Bertz CT molecular complexity index is 1240. The number of pyridine rings is 1. The number of H-pyrrole nitrogens is 1. The monoisotopic (exact) mass is 430 g/mol. The molecule has 2 amide bonds. The third kappa shape index (κ3) is 4.04. The zero-order valence-electron chi connectivity index (χ0n) is 17.5. The summed E-state index contributed by atoms with van der Waals surface area (Å²) in [5.74, 6) is 0.354. The molecule has 1 saturated heterocycles. The fraction of sp³-hybridized carbons (Fsp3) is 0.208. The lowest BCUT2D eigenvalue weighted by atomic mass is 9.94. The molecule has 1 fully saturated rings. The normalized spacial score (nSPS) is 18.7. The predicted molar refractivity (Wildman–Crippen MR) is 122 cm³/mol. The molecule has 4 aromatic rings. The standard InChI is InChI=1S/C24H23FN6O/c1-31-13-19(15-5-3-2-4-6-15)21(14-31)27-24(32)28-22-11-20-18(12-26-22)23(30-29-20)16-7-9-17(25)10-8-16/h2-12,19,21H,13-14H2,1H3,(H,29,30)(H2,26,27,28,32). The summed E-state index contributed by atoms with van der Waals surface area (Å²) in [5.41, 5.74) is 3.42. The number of urea groups is 1. The van der Waals surface area contributed by atoms with Gasteiger partial charge in [-0.05, 0) is 36.9 Å². The number of nitrogens with one attached hydrogen (secondary N) is 3. The molecule has 1 aliphatic heterocycles. The molecule has 5 rings (SSSR count). The van der Waals surface area contributed by atoms with Gasteiger partial charge in [-0.2, -0.15) is 5.10 Å². The minimum absolute atomic E-state index is 0.00312. The molecule has 0 aliphatic carbocycles. The molecular formula is C24H23FN6O. The van der Waals surface area contributed by atoms with Gasteiger partial charge in [-0.1, -0.05) is 30.3 Å². The number of anilines is 1. The van der Waals surface area contributed by atoms with Gasteiger partial charge in [0.25, 0.3) is 0 Å². The van der Waals surface area contributed by atoms with Crippen LogP contribution in [0.3, 0.4) is 0 Å². The van der Waals surface area contributed by atoms with Crippen LogP contribution < -0.4 is 10.6 Å². The summed E-state index contributed by atoms with van der Waals surface area (Å²) in [4.78, 5) is 19.3. The number of rotatable bonds is 4. The third-order valence-electron chi connectivity index (χ3n) is 5.85. The van der Waals surface area contributed by atoms with E-state index >= 15 is 0 Å². The topological polar surface area (TPSA) is 85.9 Å². The second-order valence-corrected chi connectivity index (χ2v) is 8.14. The fourth-order valence-electron chi connectivity index (χ4n) is 4.31. The lowest BCUT2D eigenvalue weighted by Gasteiger charge is -2.20. The van der Waals surface area contributed by atoms with Crippen LogP contribution in [0.5, 0.6) is 0 Å². The molecule has 7 nitrogen and oxygen atoms in total. The number of aromatic nitrogens is 3. The Morgan fingerprint density at radius 1 is 1.12 bits per heavy atom. The van der Waals surface area contributed by atoms with Gasteiger partial charge < -0.3 is 10.2 Å². The summed E-state index contributed by atoms with van der Waals surface area (Å²) in [5, 5.41) is 14.0. The number of carbonyl (C=O) groups excluding carboxylic acids is 1. The Hall–Kier alpha value is -3.78. The Kier molecular flexibility index (Phi) is 5.28. The Morgan fingerprint density at radius 3 is 2.69 bits per heavy atom. The van der Waals surface area contributed by atoms with E-state index in [1.54, 1.807) is 24.4 Å². The molecule has 0 bridgehead atoms. The summed E-state index contributed by atoms with van der Waals surface area (Å²) in [7, 11) is 2.06. The van der Waals surface area contributed by atoms with E-state index in [4.69, 9.17) is 0 Å². The lowest BCUT2D eigenvalue weighted by Crippen LogP contribution is -2.42. The van der Waals surface area contributed by atoms with E-state index in [9.17, 15) is 9.18 Å². The highest BCUT2D eigenvalue weighted by atomic mass is 19.1. The molecular weight excluding hydrogens is 407 g/mol. The number of halogens is 1. The molecule has 3 heterocycles. The second kappa shape index (κ2) is 8.39. The summed E-state index contributed by atoms with van der Waals surface area (Å²) in [6, 6.07) is 17.8. The largest absolute Gasteiger partial charge is 0.333 e. The quantitative estimate of drug-likeness (QED) is 0.457. The number of benzene rings is 2. The van der Waals surface area contributed by atoms with Crippen molar-refractivity contribution in [1.82, 2.24) is 25.4 Å². The van der Waals surface area contributed by atoms with Crippen LogP contribution in [0.25, 0.3) is 22.2 Å². The molecule has 1 aliphatic rings. The van der Waals surface area contributed by atoms with Crippen molar-refractivity contribution in [2.75, 3.05) is 25.5 Å². The Balaban J connectivity index is 1.30. The predicted octanol–water partition coefficient (Wildman–Crippen LogP) is 3.98. The third-order valence-corrected chi connectivity index (χ3v) is 5.85. The molecule has 2 aromatic carbocycles. The molecule has 32 heavy (non-hydrogen) atoms. The van der Waals surface area contributed by atoms with E-state index in [1.807, 2.05) is 18.2 Å². The zero-order chi connectivity index (χ0) is 22.1. The number of likely N-dealkylation sites (tertiary alicyclic amines) is 1. The summed E-state index contributed by atoms with van der Waals surface area (Å²) in [6.07, 6.45) is 1.66. The average Bonchev–Trinajstić information content (AvgIpc) is 3.37. The first-order valence-electron chi connectivity index (χ1n) is 10.5. The minimum Gasteiger partial charge on any atom is -0.333 e. The highest BCUT2D eigenvalue weighted by Crippen LogP contribution is 2.28. The Morgan fingerprint density at radius 2 is 1.91 bits per heavy atom. The fourth-order valence-corrected chi connectivity index (χ4v) is 4.31. The number of likely N-dealkylation sites (N-methyl/N-ethyl adjacent to an activating group) is 1. The second-order valence-electron chi connectivity index (χ2n) is 8.14. The van der Waals surface area contributed by atoms with Crippen LogP contribution in [0.1, 0.15) is 11.5 Å². The van der Waals surface area contributed by atoms with Crippen LogP contribution >= 0.6 is 0 Å². The molecule has 2 aromatic heterocycles. The number of fused-ring (bicyclic) bond motifs is 1. The number of aromatic amines is 1. The van der Waals surface area contributed by atoms with E-state index in [1.165, 1.54) is 17.7 Å². The number of nitrogens with zero attached hydrogens (tertiary/aromatic N) is 3. The van der Waals surface area contributed by atoms with Crippen molar-refractivity contribution in [3.05, 3.63) is 78.2 Å². The maximum Gasteiger partial charge on any atom is 0.320 e. The van der Waals surface area contributed by atoms with Gasteiger partial charge in [0.1, 0.15) is 17.3 Å². The molecule has 3 N–H and O–H groups in total. The highest BCUT2D eigenvalue weighted by molar-refractivity contribution is 5.95. The van der Waals surface area contributed by atoms with Gasteiger partial charge in [-0.15, -0.1) is 0 Å². The Labute approximate surface area is 184 Å². The first-order chi connectivity index (χ1) is 15.6. The van der Waals surface area contributed by atoms with E-state index in [0.29, 0.717) is 11.5 Å². The van der Waals surface area contributed by atoms with Crippen molar-refractivity contribution in [3.8, 4) is 11.3 Å². The summed E-state index contributed by atoms with van der Waals surface area (Å²) < 4.78 is 13.2. The van der Waals surface area contributed by atoms with E-state index < -0.39 is 0 Å². The first kappa shape index (κ1) is 20.1. The maximum atomic E-state index is 13.2. The molecule has 2 atom stereocenters. The van der Waals surface area contributed by atoms with Crippen LogP contribution in [0.15, 0.2) is 66.9 Å². The van der Waals surface area contributed by atoms with Crippen LogP contribution in [0.2, 0.25) is 0 Å². The zero-order valence-corrected chi connectivity index (χ0v) is 17.5. The molecule has 0 saturated carbocycles. The van der Waals surface area contributed by atoms with Gasteiger partial charge in [-0.25, -0.2) is 14.2 Å². The molecule has 2 unspecified atom stereocenters. The van der Waals surface area contributed by atoms with Crippen LogP contribution in [0.4, 0.5) is 15.0 Å². The van der Waals surface area contributed by atoms with Crippen molar-refractivity contribution in [3.63, 3.8) is 0 Å². The van der Waals surface area contributed by atoms with Crippen molar-refractivity contribution < 1.29 is 9.18 Å². The van der Waals surface area contributed by atoms with Crippen molar-refractivity contribution in [2.24, 2.45) is 0 Å². The van der Waals surface area contributed by atoms with Crippen LogP contribution in [0, 0.1) is 5.82 Å². The summed E-state index contributed by atoms with van der Waals surface area (Å²) >= 11 is 0. The highest BCUT2D eigenvalue weighted by Gasteiger charge is 2.33. The SMILES string of the molecule is CN1CC(NC(=O)Nc2cc3[nH]nc(-c4ccc(F)cc4)c3cn2)C(c2ccccc2)C1. The van der Waals surface area contributed by atoms with Gasteiger partial charge >= 0.3 is 6.03 Å². The molecule has 0 radical (unpaired) electrons. The van der Waals surface area contributed by atoms with Gasteiger partial charge in [0.15, 0.2) is 0 Å². The summed E-state index contributed by atoms with van der Waals surface area (Å²) in [6.45, 7) is 1.67. The van der Waals surface area contributed by atoms with Gasteiger partial charge in [0, 0.05) is 42.2 Å². The smallest absolute Gasteiger partial charge is 0.320 e. The average molecular weight is 430 g/mol. The van der Waals surface area contributed by atoms with Crippen LogP contribution in [-0.4, -0.2) is 52.3 Å². The van der Waals surface area contributed by atoms with Crippen molar-refractivity contribution in [2.45, 2.75) is 12.0 Å². The maximum absolute atomic E-state index is 13.2. The lowest BCUT2D eigenvalue weighted by molar-refractivity contribution is 0.247. The van der Waals surface area contributed by atoms with Crippen molar-refractivity contribution in [1.29, 1.82) is 0 Å². The number of hydrogen-bond donors (Lipinski definition) is 3. The van der Waals surface area contributed by atoms with Crippen LogP contribution in [-0.2, 0) is 0 Å². The van der Waals surface area contributed by atoms with Crippen molar-refractivity contribution >= 4 is 22.8 Å².